The first-order valence-corrected chi connectivity index (χ1v) is 4.23. The van der Waals surface area contributed by atoms with E-state index in [1.165, 1.54) is 6.92 Å². The van der Waals surface area contributed by atoms with Gasteiger partial charge in [-0.05, 0) is 6.92 Å². The zero-order valence-corrected chi connectivity index (χ0v) is 8.17. The second kappa shape index (κ2) is 3.75. The molecule has 1 aromatic rings. The molecule has 0 atom stereocenters. The average Bonchev–Trinajstić information content (AvgIpc) is 2.09. The van der Waals surface area contributed by atoms with E-state index in [4.69, 9.17) is 16.7 Å². The molecule has 1 rings (SSSR count). The van der Waals surface area contributed by atoms with Crippen LogP contribution in [0.2, 0.25) is 5.02 Å². The monoisotopic (exact) mass is 216 g/mol. The molecule has 0 amide bonds. The third-order valence-corrected chi connectivity index (χ3v) is 2.14. The van der Waals surface area contributed by atoms with E-state index in [0.29, 0.717) is 0 Å². The topological polar surface area (TPSA) is 77.8 Å². The molecule has 3 N–H and O–H groups in total. The molecule has 0 aliphatic carbocycles. The van der Waals surface area contributed by atoms with E-state index < -0.39 is 11.5 Å². The van der Waals surface area contributed by atoms with E-state index >= 15 is 0 Å². The van der Waals surface area contributed by atoms with Crippen LogP contribution in [-0.2, 0) is 11.2 Å². The Morgan fingerprint density at radius 1 is 1.36 bits per heavy atom. The number of hydrogen-bond acceptors (Lipinski definition) is 4. The van der Waals surface area contributed by atoms with Crippen LogP contribution in [0.4, 0.5) is 0 Å². The molecule has 0 bridgehead atoms. The van der Waals surface area contributed by atoms with Crippen LogP contribution in [0, 0.1) is 0 Å². The molecule has 0 spiro atoms. The highest BCUT2D eigenvalue weighted by atomic mass is 35.5. The minimum Gasteiger partial charge on any atom is -0.506 e. The van der Waals surface area contributed by atoms with Gasteiger partial charge in [0.05, 0.1) is 5.02 Å². The lowest BCUT2D eigenvalue weighted by Crippen LogP contribution is -1.98. The Labute approximate surface area is 85.4 Å². The molecule has 14 heavy (non-hydrogen) atoms. The minimum atomic E-state index is -0.497. The molecule has 0 aromatic heterocycles. The van der Waals surface area contributed by atoms with Crippen LogP contribution in [0.1, 0.15) is 12.5 Å². The van der Waals surface area contributed by atoms with Gasteiger partial charge < -0.3 is 15.3 Å². The maximum atomic E-state index is 10.8. The summed E-state index contributed by atoms with van der Waals surface area (Å²) in [5, 5.41) is 27.6. The lowest BCUT2D eigenvalue weighted by Gasteiger charge is -2.08. The largest absolute Gasteiger partial charge is 0.506 e. The van der Waals surface area contributed by atoms with Gasteiger partial charge >= 0.3 is 0 Å². The number of phenols is 3. The van der Waals surface area contributed by atoms with Gasteiger partial charge in [-0.3, -0.25) is 4.79 Å². The average molecular weight is 217 g/mol. The van der Waals surface area contributed by atoms with Crippen molar-refractivity contribution in [2.24, 2.45) is 0 Å². The van der Waals surface area contributed by atoms with Crippen molar-refractivity contribution >= 4 is 17.4 Å². The van der Waals surface area contributed by atoms with Crippen molar-refractivity contribution in [2.45, 2.75) is 13.3 Å². The molecule has 0 heterocycles. The maximum Gasteiger partial charge on any atom is 0.162 e. The van der Waals surface area contributed by atoms with E-state index in [1.807, 2.05) is 0 Å². The smallest absolute Gasteiger partial charge is 0.162 e. The Balaban J connectivity index is 3.31. The maximum absolute atomic E-state index is 10.8. The van der Waals surface area contributed by atoms with Crippen molar-refractivity contribution < 1.29 is 20.1 Å². The summed E-state index contributed by atoms with van der Waals surface area (Å²) in [6.45, 7) is 1.32. The molecule has 0 saturated heterocycles. The van der Waals surface area contributed by atoms with Gasteiger partial charge in [0.25, 0.3) is 0 Å². The van der Waals surface area contributed by atoms with Crippen molar-refractivity contribution in [3.63, 3.8) is 0 Å². The number of rotatable bonds is 2. The number of benzene rings is 1. The molecule has 0 fully saturated rings. The van der Waals surface area contributed by atoms with Crippen molar-refractivity contribution in [1.29, 1.82) is 0 Å². The summed E-state index contributed by atoms with van der Waals surface area (Å²) in [5.74, 6) is -1.56. The third-order valence-electron chi connectivity index (χ3n) is 1.72. The van der Waals surface area contributed by atoms with E-state index in [-0.39, 0.29) is 28.5 Å². The van der Waals surface area contributed by atoms with Crippen LogP contribution in [0.3, 0.4) is 0 Å². The van der Waals surface area contributed by atoms with Gasteiger partial charge in [-0.2, -0.15) is 0 Å². The molecule has 0 aliphatic rings. The first-order chi connectivity index (χ1) is 6.43. The molecule has 0 saturated carbocycles. The summed E-state index contributed by atoms with van der Waals surface area (Å²) in [6.07, 6.45) is -0.132. The number of aromatic hydroxyl groups is 3. The molecule has 5 heteroatoms. The highest BCUT2D eigenvalue weighted by Crippen LogP contribution is 2.40. The van der Waals surface area contributed by atoms with Crippen molar-refractivity contribution in [1.82, 2.24) is 0 Å². The predicted octanol–water partition coefficient (Wildman–Crippen LogP) is 1.59. The Morgan fingerprint density at radius 2 is 1.93 bits per heavy atom. The van der Waals surface area contributed by atoms with Crippen LogP contribution < -0.4 is 0 Å². The van der Waals surface area contributed by atoms with Gasteiger partial charge in [0.15, 0.2) is 11.5 Å². The second-order valence-corrected chi connectivity index (χ2v) is 3.31. The second-order valence-electron chi connectivity index (χ2n) is 2.93. The number of ketones is 1. The molecule has 1 aromatic carbocycles. The lowest BCUT2D eigenvalue weighted by molar-refractivity contribution is -0.116. The first-order valence-electron chi connectivity index (χ1n) is 3.85. The molecule has 0 aliphatic heterocycles. The Hall–Kier alpha value is -1.42. The molecular weight excluding hydrogens is 208 g/mol. The van der Waals surface area contributed by atoms with Crippen LogP contribution in [0.5, 0.6) is 17.2 Å². The van der Waals surface area contributed by atoms with Gasteiger partial charge in [0.2, 0.25) is 0 Å². The quantitative estimate of drug-likeness (QED) is 0.518. The van der Waals surface area contributed by atoms with Crippen LogP contribution >= 0.6 is 11.6 Å². The predicted molar refractivity (Wildman–Crippen MR) is 50.8 cm³/mol. The SMILES string of the molecule is CC(=O)Cc1c(O)c(O)cc(O)c1Cl. The molecule has 0 radical (unpaired) electrons. The normalized spacial score (nSPS) is 10.1. The zero-order chi connectivity index (χ0) is 10.9. The summed E-state index contributed by atoms with van der Waals surface area (Å²) in [6, 6.07) is 0.918. The number of Topliss-reactive ketones (excluding diaryl/α,β-unsaturated/α-hetero) is 1. The Bertz CT molecular complexity index is 361. The van der Waals surface area contributed by atoms with E-state index in [2.05, 4.69) is 0 Å². The van der Waals surface area contributed by atoms with Gasteiger partial charge in [0, 0.05) is 18.1 Å². The lowest BCUT2D eigenvalue weighted by atomic mass is 10.1. The number of hydrogen-bond donors (Lipinski definition) is 3. The third kappa shape index (κ3) is 1.90. The summed E-state index contributed by atoms with van der Waals surface area (Å²) >= 11 is 5.64. The van der Waals surface area contributed by atoms with Crippen LogP contribution in [0.15, 0.2) is 6.07 Å². The van der Waals surface area contributed by atoms with E-state index in [1.54, 1.807) is 0 Å². The van der Waals surface area contributed by atoms with Gasteiger partial charge in [-0.1, -0.05) is 11.6 Å². The van der Waals surface area contributed by atoms with Gasteiger partial charge in [0.1, 0.15) is 11.5 Å². The Kier molecular flexibility index (Phi) is 2.86. The zero-order valence-electron chi connectivity index (χ0n) is 7.41. The summed E-state index contributed by atoms with van der Waals surface area (Å²) in [5.41, 5.74) is 0.0386. The summed E-state index contributed by atoms with van der Waals surface area (Å²) in [7, 11) is 0. The summed E-state index contributed by atoms with van der Waals surface area (Å²) in [4.78, 5) is 10.8. The van der Waals surface area contributed by atoms with Crippen LogP contribution in [-0.4, -0.2) is 21.1 Å². The number of halogens is 1. The minimum absolute atomic E-state index is 0.0386. The van der Waals surface area contributed by atoms with Gasteiger partial charge in [-0.25, -0.2) is 0 Å². The standard InChI is InChI=1S/C9H9ClO4/c1-4(11)2-5-8(10)6(12)3-7(13)9(5)14/h3,12-14H,2H2,1H3. The van der Waals surface area contributed by atoms with Crippen LogP contribution in [0.25, 0.3) is 0 Å². The fourth-order valence-electron chi connectivity index (χ4n) is 1.08. The number of carbonyl (C=O) groups is 1. The first kappa shape index (κ1) is 10.7. The Morgan fingerprint density at radius 3 is 2.43 bits per heavy atom. The highest BCUT2D eigenvalue weighted by molar-refractivity contribution is 6.33. The van der Waals surface area contributed by atoms with Crippen molar-refractivity contribution in [3.8, 4) is 17.2 Å². The molecule has 0 unspecified atom stereocenters. The van der Waals surface area contributed by atoms with E-state index in [9.17, 15) is 15.0 Å². The van der Waals surface area contributed by atoms with Crippen molar-refractivity contribution in [3.05, 3.63) is 16.7 Å². The van der Waals surface area contributed by atoms with E-state index in [0.717, 1.165) is 6.07 Å². The molecular formula is C9H9ClO4. The number of phenolic OH excluding ortho intramolecular Hbond substituents is 3. The molecule has 76 valence electrons. The summed E-state index contributed by atoms with van der Waals surface area (Å²) < 4.78 is 0. The fraction of sp³-hybridized carbons (Fsp3) is 0.222. The van der Waals surface area contributed by atoms with Crippen molar-refractivity contribution in [2.75, 3.05) is 0 Å². The fourth-order valence-corrected chi connectivity index (χ4v) is 1.30. The molecule has 4 nitrogen and oxygen atoms in total. The van der Waals surface area contributed by atoms with Gasteiger partial charge in [-0.15, -0.1) is 0 Å². The highest BCUT2D eigenvalue weighted by Gasteiger charge is 2.16. The number of carbonyl (C=O) groups excluding carboxylic acids is 1.